The minimum atomic E-state index is 0.258. The number of ether oxygens (including phenoxy) is 1. The molecule has 0 spiro atoms. The third kappa shape index (κ3) is 4.17. The van der Waals surface area contributed by atoms with Crippen LogP contribution < -0.4 is 0 Å². The lowest BCUT2D eigenvalue weighted by atomic mass is 9.98. The van der Waals surface area contributed by atoms with Gasteiger partial charge in [-0.05, 0) is 37.2 Å². The van der Waals surface area contributed by atoms with Crippen molar-refractivity contribution in [3.8, 4) is 0 Å². The van der Waals surface area contributed by atoms with Gasteiger partial charge >= 0.3 is 0 Å². The van der Waals surface area contributed by atoms with Gasteiger partial charge in [0.25, 0.3) is 0 Å². The summed E-state index contributed by atoms with van der Waals surface area (Å²) in [5.41, 5.74) is 2.13. The van der Waals surface area contributed by atoms with Gasteiger partial charge in [0.05, 0.1) is 6.10 Å². The molecule has 0 radical (unpaired) electrons. The molecular weight excluding hydrogens is 236 g/mol. The molecule has 19 heavy (non-hydrogen) atoms. The Hall–Kier alpha value is -1.15. The van der Waals surface area contributed by atoms with Crippen molar-refractivity contribution in [3.05, 3.63) is 35.4 Å². The van der Waals surface area contributed by atoms with Gasteiger partial charge in [-0.25, -0.2) is 0 Å². The second-order valence-corrected chi connectivity index (χ2v) is 5.73. The highest BCUT2D eigenvalue weighted by atomic mass is 16.5. The Morgan fingerprint density at radius 3 is 2.63 bits per heavy atom. The summed E-state index contributed by atoms with van der Waals surface area (Å²) in [7, 11) is 0. The zero-order valence-electron chi connectivity index (χ0n) is 12.0. The summed E-state index contributed by atoms with van der Waals surface area (Å²) in [6.45, 7) is 5.23. The average molecular weight is 260 g/mol. The van der Waals surface area contributed by atoms with Crippen molar-refractivity contribution >= 4 is 5.78 Å². The summed E-state index contributed by atoms with van der Waals surface area (Å²) in [4.78, 5) is 12.1. The van der Waals surface area contributed by atoms with Gasteiger partial charge in [-0.2, -0.15) is 0 Å². The molecule has 1 aromatic rings. The van der Waals surface area contributed by atoms with Gasteiger partial charge in [0.2, 0.25) is 0 Å². The van der Waals surface area contributed by atoms with Gasteiger partial charge in [0, 0.05) is 18.6 Å². The van der Waals surface area contributed by atoms with Crippen LogP contribution in [0.3, 0.4) is 0 Å². The molecule has 1 aliphatic rings. The first-order valence-corrected chi connectivity index (χ1v) is 7.41. The van der Waals surface area contributed by atoms with Crippen molar-refractivity contribution in [1.82, 2.24) is 0 Å². The molecule has 2 nitrogen and oxygen atoms in total. The molecular formula is C17H24O2. The number of hydrogen-bond donors (Lipinski definition) is 0. The van der Waals surface area contributed by atoms with Gasteiger partial charge in [-0.3, -0.25) is 4.79 Å². The lowest BCUT2D eigenvalue weighted by Crippen LogP contribution is -2.06. The van der Waals surface area contributed by atoms with Crippen molar-refractivity contribution in [2.24, 2.45) is 0 Å². The van der Waals surface area contributed by atoms with E-state index in [2.05, 4.69) is 26.0 Å². The van der Waals surface area contributed by atoms with Gasteiger partial charge in [0.15, 0.2) is 5.78 Å². The first kappa shape index (κ1) is 14.3. The first-order valence-electron chi connectivity index (χ1n) is 7.41. The Kier molecular flexibility index (Phi) is 5.15. The van der Waals surface area contributed by atoms with Gasteiger partial charge < -0.3 is 4.74 Å². The van der Waals surface area contributed by atoms with Crippen molar-refractivity contribution < 1.29 is 9.53 Å². The highest BCUT2D eigenvalue weighted by molar-refractivity contribution is 5.96. The molecule has 1 aromatic carbocycles. The van der Waals surface area contributed by atoms with E-state index in [4.69, 9.17) is 4.74 Å². The summed E-state index contributed by atoms with van der Waals surface area (Å²) < 4.78 is 5.57. The molecule has 2 heteroatoms. The predicted octanol–water partition coefficient (Wildman–Crippen LogP) is 4.34. The third-order valence-corrected chi connectivity index (χ3v) is 3.85. The second kappa shape index (κ2) is 6.85. The van der Waals surface area contributed by atoms with Crippen LogP contribution in [0.15, 0.2) is 24.3 Å². The molecule has 2 rings (SSSR count). The van der Waals surface area contributed by atoms with E-state index in [1.807, 2.05) is 12.1 Å². The fraction of sp³-hybridized carbons (Fsp3) is 0.588. The number of ketones is 1. The van der Waals surface area contributed by atoms with Crippen LogP contribution >= 0.6 is 0 Å². The quantitative estimate of drug-likeness (QED) is 0.711. The Morgan fingerprint density at radius 2 is 2.05 bits per heavy atom. The van der Waals surface area contributed by atoms with Crippen molar-refractivity contribution in [2.75, 3.05) is 6.61 Å². The lowest BCUT2D eigenvalue weighted by molar-refractivity contribution is 0.0923. The molecule has 0 aromatic heterocycles. The number of carbonyl (C=O) groups excluding carboxylic acids is 1. The molecule has 1 unspecified atom stereocenters. The highest BCUT2D eigenvalue weighted by Crippen LogP contribution is 2.19. The molecule has 1 fully saturated rings. The fourth-order valence-electron chi connectivity index (χ4n) is 2.56. The van der Waals surface area contributed by atoms with Crippen molar-refractivity contribution in [2.45, 2.75) is 58.0 Å². The van der Waals surface area contributed by atoms with E-state index in [-0.39, 0.29) is 5.78 Å². The maximum atomic E-state index is 12.1. The van der Waals surface area contributed by atoms with E-state index in [9.17, 15) is 4.79 Å². The molecule has 0 N–H and O–H groups in total. The smallest absolute Gasteiger partial charge is 0.162 e. The van der Waals surface area contributed by atoms with E-state index in [0.717, 1.165) is 31.4 Å². The van der Waals surface area contributed by atoms with Crippen molar-refractivity contribution in [3.63, 3.8) is 0 Å². The van der Waals surface area contributed by atoms with Crippen LogP contribution in [0.25, 0.3) is 0 Å². The molecule has 1 atom stereocenters. The Bertz CT molecular complexity index is 400. The van der Waals surface area contributed by atoms with Crippen LogP contribution in [0.5, 0.6) is 0 Å². The average Bonchev–Trinajstić information content (AvgIpc) is 2.92. The van der Waals surface area contributed by atoms with E-state index in [1.54, 1.807) is 0 Å². The van der Waals surface area contributed by atoms with Crippen LogP contribution in [0.2, 0.25) is 0 Å². The number of benzene rings is 1. The summed E-state index contributed by atoms with van der Waals surface area (Å²) >= 11 is 0. The maximum absolute atomic E-state index is 12.1. The number of rotatable bonds is 6. The molecule has 1 heterocycles. The first-order chi connectivity index (χ1) is 9.16. The monoisotopic (exact) mass is 260 g/mol. The van der Waals surface area contributed by atoms with E-state index in [1.165, 1.54) is 12.0 Å². The minimum absolute atomic E-state index is 0.258. The van der Waals surface area contributed by atoms with Crippen LogP contribution in [0.1, 0.15) is 67.8 Å². The normalized spacial score (nSPS) is 19.0. The molecule has 0 amide bonds. The number of carbonyl (C=O) groups is 1. The SMILES string of the molecule is CC(C)c1ccc(C(=O)CCCC2CCCO2)cc1. The van der Waals surface area contributed by atoms with Crippen LogP contribution in [-0.2, 0) is 4.74 Å². The minimum Gasteiger partial charge on any atom is -0.378 e. The fourth-order valence-corrected chi connectivity index (χ4v) is 2.56. The zero-order valence-corrected chi connectivity index (χ0v) is 12.0. The van der Waals surface area contributed by atoms with Gasteiger partial charge in [-0.15, -0.1) is 0 Å². The van der Waals surface area contributed by atoms with Crippen LogP contribution in [-0.4, -0.2) is 18.5 Å². The summed E-state index contributed by atoms with van der Waals surface area (Å²) in [5.74, 6) is 0.775. The second-order valence-electron chi connectivity index (χ2n) is 5.73. The van der Waals surface area contributed by atoms with E-state index in [0.29, 0.717) is 18.4 Å². The Morgan fingerprint density at radius 1 is 1.32 bits per heavy atom. The molecule has 1 aliphatic heterocycles. The summed E-state index contributed by atoms with van der Waals surface area (Å²) in [6, 6.07) is 8.06. The summed E-state index contributed by atoms with van der Waals surface area (Å²) in [5, 5.41) is 0. The van der Waals surface area contributed by atoms with Crippen LogP contribution in [0.4, 0.5) is 0 Å². The third-order valence-electron chi connectivity index (χ3n) is 3.85. The molecule has 1 saturated heterocycles. The van der Waals surface area contributed by atoms with Gasteiger partial charge in [0.1, 0.15) is 0 Å². The summed E-state index contributed by atoms with van der Waals surface area (Å²) in [6.07, 6.45) is 5.34. The van der Waals surface area contributed by atoms with E-state index >= 15 is 0 Å². The van der Waals surface area contributed by atoms with Gasteiger partial charge in [-0.1, -0.05) is 38.1 Å². The highest BCUT2D eigenvalue weighted by Gasteiger charge is 2.15. The lowest BCUT2D eigenvalue weighted by Gasteiger charge is -2.09. The van der Waals surface area contributed by atoms with Crippen LogP contribution in [0, 0.1) is 0 Å². The topological polar surface area (TPSA) is 26.3 Å². The molecule has 104 valence electrons. The number of hydrogen-bond acceptors (Lipinski definition) is 2. The molecule has 0 saturated carbocycles. The number of Topliss-reactive ketones (excluding diaryl/α,β-unsaturated/α-hetero) is 1. The Labute approximate surface area is 116 Å². The zero-order chi connectivity index (χ0) is 13.7. The molecule has 0 bridgehead atoms. The predicted molar refractivity (Wildman–Crippen MR) is 77.7 cm³/mol. The van der Waals surface area contributed by atoms with Crippen molar-refractivity contribution in [1.29, 1.82) is 0 Å². The largest absolute Gasteiger partial charge is 0.378 e. The Balaban J connectivity index is 1.78. The van der Waals surface area contributed by atoms with E-state index < -0.39 is 0 Å². The maximum Gasteiger partial charge on any atom is 0.162 e. The standard InChI is InChI=1S/C17H24O2/c1-13(2)14-8-10-15(11-9-14)17(18)7-3-5-16-6-4-12-19-16/h8-11,13,16H,3-7,12H2,1-2H3. The molecule has 0 aliphatic carbocycles.